The maximum atomic E-state index is 6.47. The van der Waals surface area contributed by atoms with Crippen molar-refractivity contribution in [3.05, 3.63) is 151 Å². The van der Waals surface area contributed by atoms with Crippen LogP contribution in [0, 0.1) is 0 Å². The van der Waals surface area contributed by atoms with Crippen LogP contribution in [0.15, 0.2) is 144 Å². The number of fused-ring (bicyclic) bond motifs is 6. The molecule has 0 saturated heterocycles. The van der Waals surface area contributed by atoms with Crippen molar-refractivity contribution in [2.75, 3.05) is 0 Å². The summed E-state index contributed by atoms with van der Waals surface area (Å²) in [4.78, 5) is 15.7. The van der Waals surface area contributed by atoms with Gasteiger partial charge in [0.15, 0.2) is 17.5 Å². The summed E-state index contributed by atoms with van der Waals surface area (Å²) in [6.45, 7) is 4.59. The molecule has 8 aromatic rings. The van der Waals surface area contributed by atoms with Gasteiger partial charge in [0.2, 0.25) is 0 Å². The Hall–Kier alpha value is -5.87. The molecule has 0 amide bonds. The largest absolute Gasteiger partial charge is 0.455 e. The minimum Gasteiger partial charge on any atom is -0.455 e. The molecule has 0 bridgehead atoms. The molecule has 0 N–H and O–H groups in total. The second kappa shape index (κ2) is 10.1. The molecule has 2 aromatic heterocycles. The zero-order valence-corrected chi connectivity index (χ0v) is 25.5. The van der Waals surface area contributed by atoms with Gasteiger partial charge in [0.25, 0.3) is 0 Å². The summed E-state index contributed by atoms with van der Waals surface area (Å²) in [6, 6.07) is 48.3. The van der Waals surface area contributed by atoms with Crippen LogP contribution in [0.3, 0.4) is 0 Å². The van der Waals surface area contributed by atoms with Crippen LogP contribution in [0.1, 0.15) is 25.0 Å². The van der Waals surface area contributed by atoms with Crippen LogP contribution in [-0.2, 0) is 5.41 Å². The first kappa shape index (κ1) is 26.5. The van der Waals surface area contributed by atoms with Gasteiger partial charge in [-0.15, -0.1) is 0 Å². The fraction of sp³-hybridized carbons (Fsp3) is 0.0714. The fourth-order valence-corrected chi connectivity index (χ4v) is 7.15. The molecule has 1 aliphatic rings. The molecule has 0 aliphatic heterocycles. The van der Waals surface area contributed by atoms with Crippen molar-refractivity contribution < 1.29 is 4.42 Å². The predicted octanol–water partition coefficient (Wildman–Crippen LogP) is 10.7. The Balaban J connectivity index is 1.35. The minimum atomic E-state index is -0.138. The first-order chi connectivity index (χ1) is 22.6. The molecule has 9 rings (SSSR count). The van der Waals surface area contributed by atoms with Gasteiger partial charge in [-0.05, 0) is 45.5 Å². The predicted molar refractivity (Wildman–Crippen MR) is 186 cm³/mol. The third-order valence-corrected chi connectivity index (χ3v) is 9.38. The Morgan fingerprint density at radius 3 is 1.80 bits per heavy atom. The van der Waals surface area contributed by atoms with Crippen LogP contribution in [0.2, 0.25) is 0 Å². The maximum absolute atomic E-state index is 6.47. The molecule has 0 spiro atoms. The highest BCUT2D eigenvalue weighted by Gasteiger charge is 2.37. The van der Waals surface area contributed by atoms with Gasteiger partial charge < -0.3 is 4.42 Å². The van der Waals surface area contributed by atoms with Crippen LogP contribution >= 0.6 is 0 Å². The summed E-state index contributed by atoms with van der Waals surface area (Å²) in [7, 11) is 0. The van der Waals surface area contributed by atoms with E-state index in [2.05, 4.69) is 117 Å². The molecule has 0 atom stereocenters. The number of benzene rings is 6. The molecule has 0 saturated carbocycles. The van der Waals surface area contributed by atoms with Crippen LogP contribution in [0.4, 0.5) is 0 Å². The van der Waals surface area contributed by atoms with Gasteiger partial charge in [0.1, 0.15) is 11.2 Å². The van der Waals surface area contributed by atoms with E-state index in [1.807, 2.05) is 36.4 Å². The number of hydrogen-bond acceptors (Lipinski definition) is 4. The molecule has 4 heteroatoms. The molecule has 0 fully saturated rings. The van der Waals surface area contributed by atoms with Crippen molar-refractivity contribution in [2.24, 2.45) is 0 Å². The number of rotatable bonds is 4. The van der Waals surface area contributed by atoms with E-state index >= 15 is 0 Å². The smallest absolute Gasteiger partial charge is 0.167 e. The van der Waals surface area contributed by atoms with Gasteiger partial charge in [-0.3, -0.25) is 0 Å². The van der Waals surface area contributed by atoms with Crippen molar-refractivity contribution in [3.8, 4) is 56.4 Å². The van der Waals surface area contributed by atoms with Crippen LogP contribution in [0.5, 0.6) is 0 Å². The fourth-order valence-electron chi connectivity index (χ4n) is 7.15. The Labute approximate surface area is 267 Å². The van der Waals surface area contributed by atoms with Gasteiger partial charge in [-0.25, -0.2) is 15.0 Å². The molecule has 4 nitrogen and oxygen atoms in total. The first-order valence-corrected chi connectivity index (χ1v) is 15.6. The van der Waals surface area contributed by atoms with Crippen molar-refractivity contribution >= 4 is 21.9 Å². The molecule has 0 unspecified atom stereocenters. The standard InChI is InChI=1S/C42H29N3O/c1-42(2)34-23-10-8-19-31(34)37-32(21-13-24-35(37)42)40-43-39(30-18-7-6-16-27(30)26-14-4-3-5-15-26)44-41(45-40)33-22-12-20-29-28-17-9-11-25-36(28)46-38(29)33/h3-25H,1-2H3. The van der Waals surface area contributed by atoms with Gasteiger partial charge in [-0.1, -0.05) is 141 Å². The molecule has 2 heterocycles. The topological polar surface area (TPSA) is 51.8 Å². The van der Waals surface area contributed by atoms with Crippen molar-refractivity contribution in [1.82, 2.24) is 15.0 Å². The highest BCUT2D eigenvalue weighted by atomic mass is 16.3. The molecule has 6 aromatic carbocycles. The summed E-state index contributed by atoms with van der Waals surface area (Å²) < 4.78 is 6.47. The Morgan fingerprint density at radius 2 is 0.978 bits per heavy atom. The quantitative estimate of drug-likeness (QED) is 0.204. The van der Waals surface area contributed by atoms with E-state index in [-0.39, 0.29) is 5.41 Å². The number of aromatic nitrogens is 3. The molecule has 46 heavy (non-hydrogen) atoms. The summed E-state index contributed by atoms with van der Waals surface area (Å²) >= 11 is 0. The number of nitrogens with zero attached hydrogens (tertiary/aromatic N) is 3. The Morgan fingerprint density at radius 1 is 0.435 bits per heavy atom. The van der Waals surface area contributed by atoms with Gasteiger partial charge in [0.05, 0.1) is 5.56 Å². The summed E-state index contributed by atoms with van der Waals surface area (Å²) in [5.41, 5.74) is 11.4. The molecule has 1 aliphatic carbocycles. The van der Waals surface area contributed by atoms with E-state index in [1.54, 1.807) is 0 Å². The third kappa shape index (κ3) is 3.97. The normalized spacial score (nSPS) is 13.2. The van der Waals surface area contributed by atoms with E-state index in [1.165, 1.54) is 22.3 Å². The van der Waals surface area contributed by atoms with Gasteiger partial charge in [0, 0.05) is 27.3 Å². The van der Waals surface area contributed by atoms with E-state index in [9.17, 15) is 0 Å². The monoisotopic (exact) mass is 591 g/mol. The maximum Gasteiger partial charge on any atom is 0.167 e. The van der Waals surface area contributed by atoms with Crippen molar-refractivity contribution in [3.63, 3.8) is 0 Å². The lowest BCUT2D eigenvalue weighted by Crippen LogP contribution is -2.14. The summed E-state index contributed by atoms with van der Waals surface area (Å²) in [5, 5.41) is 2.11. The second-order valence-corrected chi connectivity index (χ2v) is 12.4. The molecule has 218 valence electrons. The van der Waals surface area contributed by atoms with E-state index < -0.39 is 0 Å². The average molecular weight is 592 g/mol. The van der Waals surface area contributed by atoms with E-state index in [0.29, 0.717) is 17.5 Å². The highest BCUT2D eigenvalue weighted by molar-refractivity contribution is 6.09. The summed E-state index contributed by atoms with van der Waals surface area (Å²) in [6.07, 6.45) is 0. The first-order valence-electron chi connectivity index (χ1n) is 15.6. The Bertz CT molecular complexity index is 2460. The van der Waals surface area contributed by atoms with Gasteiger partial charge in [-0.2, -0.15) is 0 Å². The van der Waals surface area contributed by atoms with Crippen LogP contribution < -0.4 is 0 Å². The van der Waals surface area contributed by atoms with Crippen LogP contribution in [-0.4, -0.2) is 15.0 Å². The molecular weight excluding hydrogens is 562 g/mol. The lowest BCUT2D eigenvalue weighted by Gasteiger charge is -2.21. The third-order valence-electron chi connectivity index (χ3n) is 9.38. The minimum absolute atomic E-state index is 0.138. The SMILES string of the molecule is CC1(C)c2ccccc2-c2c(-c3nc(-c4ccccc4-c4ccccc4)nc(-c4cccc5c4oc4ccccc45)n3)cccc21. The van der Waals surface area contributed by atoms with Crippen molar-refractivity contribution in [1.29, 1.82) is 0 Å². The number of para-hydroxylation sites is 2. The molecule has 0 radical (unpaired) electrons. The number of hydrogen-bond donors (Lipinski definition) is 0. The summed E-state index contributed by atoms with van der Waals surface area (Å²) in [5.74, 6) is 1.84. The van der Waals surface area contributed by atoms with E-state index in [0.717, 1.165) is 49.8 Å². The average Bonchev–Trinajstić information content (AvgIpc) is 3.61. The zero-order chi connectivity index (χ0) is 30.8. The lowest BCUT2D eigenvalue weighted by atomic mass is 9.82. The Kier molecular flexibility index (Phi) is 5.81. The van der Waals surface area contributed by atoms with Crippen LogP contribution in [0.25, 0.3) is 78.4 Å². The van der Waals surface area contributed by atoms with Crippen molar-refractivity contribution in [2.45, 2.75) is 19.3 Å². The molecular formula is C42H29N3O. The lowest BCUT2D eigenvalue weighted by molar-refractivity contribution is 0.660. The van der Waals surface area contributed by atoms with Gasteiger partial charge >= 0.3 is 0 Å². The van der Waals surface area contributed by atoms with E-state index in [4.69, 9.17) is 19.4 Å². The number of furan rings is 1. The second-order valence-electron chi connectivity index (χ2n) is 12.4. The zero-order valence-electron chi connectivity index (χ0n) is 25.5. The highest BCUT2D eigenvalue weighted by Crippen LogP contribution is 2.51.